The molecule has 90 valence electrons. The maximum absolute atomic E-state index is 5.72. The SMILES string of the molecule is COc1cc(C)cc(OC)c1OCC(C)C. The van der Waals surface area contributed by atoms with E-state index >= 15 is 0 Å². The van der Waals surface area contributed by atoms with Gasteiger partial charge in [-0.1, -0.05) is 13.8 Å². The van der Waals surface area contributed by atoms with Gasteiger partial charge in [-0.15, -0.1) is 0 Å². The summed E-state index contributed by atoms with van der Waals surface area (Å²) in [5.41, 5.74) is 1.09. The van der Waals surface area contributed by atoms with Gasteiger partial charge in [0.25, 0.3) is 0 Å². The lowest BCUT2D eigenvalue weighted by molar-refractivity contribution is 0.243. The summed E-state index contributed by atoms with van der Waals surface area (Å²) in [4.78, 5) is 0. The molecule has 0 amide bonds. The van der Waals surface area contributed by atoms with Crippen molar-refractivity contribution in [2.75, 3.05) is 20.8 Å². The number of hydrogen-bond donors (Lipinski definition) is 0. The summed E-state index contributed by atoms with van der Waals surface area (Å²) >= 11 is 0. The molecule has 3 heteroatoms. The van der Waals surface area contributed by atoms with Gasteiger partial charge in [0, 0.05) is 0 Å². The fourth-order valence-electron chi connectivity index (χ4n) is 1.40. The Morgan fingerprint density at radius 3 is 1.94 bits per heavy atom. The van der Waals surface area contributed by atoms with E-state index in [9.17, 15) is 0 Å². The van der Waals surface area contributed by atoms with Gasteiger partial charge in [-0.05, 0) is 30.5 Å². The van der Waals surface area contributed by atoms with Crippen LogP contribution in [0.15, 0.2) is 12.1 Å². The van der Waals surface area contributed by atoms with Crippen molar-refractivity contribution in [3.8, 4) is 17.2 Å². The topological polar surface area (TPSA) is 27.7 Å². The molecule has 0 aliphatic rings. The van der Waals surface area contributed by atoms with Crippen LogP contribution in [0.5, 0.6) is 17.2 Å². The predicted molar refractivity (Wildman–Crippen MR) is 64.6 cm³/mol. The van der Waals surface area contributed by atoms with Gasteiger partial charge >= 0.3 is 0 Å². The summed E-state index contributed by atoms with van der Waals surface area (Å²) in [6.45, 7) is 6.85. The molecule has 0 bridgehead atoms. The molecule has 16 heavy (non-hydrogen) atoms. The van der Waals surface area contributed by atoms with Crippen LogP contribution in [0.4, 0.5) is 0 Å². The number of hydrogen-bond acceptors (Lipinski definition) is 3. The molecule has 0 unspecified atom stereocenters. The molecule has 0 aliphatic carbocycles. The minimum atomic E-state index is 0.468. The first-order valence-corrected chi connectivity index (χ1v) is 5.44. The summed E-state index contributed by atoms with van der Waals surface area (Å²) < 4.78 is 16.3. The molecule has 0 fully saturated rings. The third-order valence-electron chi connectivity index (χ3n) is 2.17. The first-order valence-electron chi connectivity index (χ1n) is 5.44. The summed E-state index contributed by atoms with van der Waals surface area (Å²) in [6.07, 6.45) is 0. The van der Waals surface area contributed by atoms with Crippen LogP contribution in [0.3, 0.4) is 0 Å². The van der Waals surface area contributed by atoms with E-state index in [4.69, 9.17) is 14.2 Å². The molecular formula is C13H20O3. The number of aryl methyl sites for hydroxylation is 1. The van der Waals surface area contributed by atoms with Gasteiger partial charge in [-0.2, -0.15) is 0 Å². The molecule has 1 aromatic rings. The quantitative estimate of drug-likeness (QED) is 0.769. The highest BCUT2D eigenvalue weighted by Crippen LogP contribution is 2.38. The minimum absolute atomic E-state index is 0.468. The Morgan fingerprint density at radius 2 is 1.56 bits per heavy atom. The molecule has 0 heterocycles. The van der Waals surface area contributed by atoms with Crippen molar-refractivity contribution in [2.45, 2.75) is 20.8 Å². The summed E-state index contributed by atoms with van der Waals surface area (Å²) in [5.74, 6) is 2.59. The lowest BCUT2D eigenvalue weighted by Crippen LogP contribution is -2.06. The molecule has 0 aliphatic heterocycles. The lowest BCUT2D eigenvalue weighted by atomic mass is 10.2. The highest BCUT2D eigenvalue weighted by Gasteiger charge is 2.13. The van der Waals surface area contributed by atoms with Crippen LogP contribution in [0.2, 0.25) is 0 Å². The second-order valence-electron chi connectivity index (χ2n) is 4.20. The van der Waals surface area contributed by atoms with Crippen LogP contribution >= 0.6 is 0 Å². The zero-order valence-electron chi connectivity index (χ0n) is 10.7. The molecule has 0 N–H and O–H groups in total. The fourth-order valence-corrected chi connectivity index (χ4v) is 1.40. The maximum atomic E-state index is 5.72. The van der Waals surface area contributed by atoms with E-state index in [-0.39, 0.29) is 0 Å². The molecule has 0 atom stereocenters. The fraction of sp³-hybridized carbons (Fsp3) is 0.538. The highest BCUT2D eigenvalue weighted by molar-refractivity contribution is 5.53. The molecule has 0 radical (unpaired) electrons. The summed E-state index contributed by atoms with van der Waals surface area (Å²) in [6, 6.07) is 3.89. The van der Waals surface area contributed by atoms with Crippen molar-refractivity contribution in [1.82, 2.24) is 0 Å². The van der Waals surface area contributed by atoms with E-state index in [0.717, 1.165) is 17.1 Å². The zero-order valence-corrected chi connectivity index (χ0v) is 10.7. The molecule has 0 saturated heterocycles. The predicted octanol–water partition coefficient (Wildman–Crippen LogP) is 3.05. The second-order valence-corrected chi connectivity index (χ2v) is 4.20. The summed E-state index contributed by atoms with van der Waals surface area (Å²) in [5, 5.41) is 0. The highest BCUT2D eigenvalue weighted by atomic mass is 16.5. The Hall–Kier alpha value is -1.38. The molecule has 0 spiro atoms. The van der Waals surface area contributed by atoms with Gasteiger partial charge in [0.15, 0.2) is 11.5 Å². The molecule has 0 saturated carbocycles. The average molecular weight is 224 g/mol. The minimum Gasteiger partial charge on any atom is -0.493 e. The second kappa shape index (κ2) is 5.64. The third-order valence-corrected chi connectivity index (χ3v) is 2.17. The third kappa shape index (κ3) is 3.05. The monoisotopic (exact) mass is 224 g/mol. The van der Waals surface area contributed by atoms with E-state index in [1.54, 1.807) is 14.2 Å². The van der Waals surface area contributed by atoms with Crippen LogP contribution < -0.4 is 14.2 Å². The molecule has 3 nitrogen and oxygen atoms in total. The van der Waals surface area contributed by atoms with Crippen molar-refractivity contribution in [3.05, 3.63) is 17.7 Å². The van der Waals surface area contributed by atoms with Gasteiger partial charge in [-0.25, -0.2) is 0 Å². The van der Waals surface area contributed by atoms with Crippen LogP contribution in [0.1, 0.15) is 19.4 Å². The Bertz CT molecular complexity index is 320. The molecule has 1 rings (SSSR count). The van der Waals surface area contributed by atoms with E-state index in [0.29, 0.717) is 18.3 Å². The van der Waals surface area contributed by atoms with Crippen LogP contribution in [0, 0.1) is 12.8 Å². The van der Waals surface area contributed by atoms with Crippen LogP contribution in [-0.4, -0.2) is 20.8 Å². The van der Waals surface area contributed by atoms with Gasteiger partial charge in [0.2, 0.25) is 5.75 Å². The van der Waals surface area contributed by atoms with Gasteiger partial charge in [0.05, 0.1) is 20.8 Å². The van der Waals surface area contributed by atoms with Crippen molar-refractivity contribution in [3.63, 3.8) is 0 Å². The Kier molecular flexibility index (Phi) is 4.47. The molecule has 0 aromatic heterocycles. The van der Waals surface area contributed by atoms with Crippen molar-refractivity contribution >= 4 is 0 Å². The maximum Gasteiger partial charge on any atom is 0.203 e. The van der Waals surface area contributed by atoms with E-state index in [2.05, 4.69) is 13.8 Å². The van der Waals surface area contributed by atoms with Crippen molar-refractivity contribution in [2.24, 2.45) is 5.92 Å². The van der Waals surface area contributed by atoms with Gasteiger partial charge in [0.1, 0.15) is 0 Å². The zero-order chi connectivity index (χ0) is 12.1. The van der Waals surface area contributed by atoms with Gasteiger partial charge in [-0.3, -0.25) is 0 Å². The average Bonchev–Trinajstić information content (AvgIpc) is 2.25. The normalized spacial score (nSPS) is 10.4. The number of ether oxygens (including phenoxy) is 3. The Labute approximate surface area is 97.3 Å². The van der Waals surface area contributed by atoms with Crippen molar-refractivity contribution < 1.29 is 14.2 Å². The van der Waals surface area contributed by atoms with Crippen molar-refractivity contribution in [1.29, 1.82) is 0 Å². The summed E-state index contributed by atoms with van der Waals surface area (Å²) in [7, 11) is 3.27. The first kappa shape index (κ1) is 12.7. The molecule has 1 aromatic carbocycles. The van der Waals surface area contributed by atoms with E-state index < -0.39 is 0 Å². The van der Waals surface area contributed by atoms with E-state index in [1.165, 1.54) is 0 Å². The number of benzene rings is 1. The number of methoxy groups -OCH3 is 2. The largest absolute Gasteiger partial charge is 0.493 e. The van der Waals surface area contributed by atoms with E-state index in [1.807, 2.05) is 19.1 Å². The lowest BCUT2D eigenvalue weighted by Gasteiger charge is -2.16. The smallest absolute Gasteiger partial charge is 0.203 e. The number of rotatable bonds is 5. The Balaban J connectivity index is 3.02. The van der Waals surface area contributed by atoms with Crippen LogP contribution in [-0.2, 0) is 0 Å². The Morgan fingerprint density at radius 1 is 1.06 bits per heavy atom. The van der Waals surface area contributed by atoms with Gasteiger partial charge < -0.3 is 14.2 Å². The standard InChI is InChI=1S/C13H20O3/c1-9(2)8-16-13-11(14-4)6-10(3)7-12(13)15-5/h6-7,9H,8H2,1-5H3. The van der Waals surface area contributed by atoms with Crippen LogP contribution in [0.25, 0.3) is 0 Å². The molecular weight excluding hydrogens is 204 g/mol. The first-order chi connectivity index (χ1) is 7.58.